The molecule has 1 atom stereocenters. The van der Waals surface area contributed by atoms with Crippen LogP contribution >= 0.6 is 23.7 Å². The Morgan fingerprint density at radius 1 is 1.58 bits per heavy atom. The van der Waals surface area contributed by atoms with Crippen LogP contribution in [0.2, 0.25) is 0 Å². The van der Waals surface area contributed by atoms with Gasteiger partial charge in [-0.25, -0.2) is 0 Å². The van der Waals surface area contributed by atoms with Gasteiger partial charge in [0.15, 0.2) is 0 Å². The highest BCUT2D eigenvalue weighted by atomic mass is 35.5. The Labute approximate surface area is 83.4 Å². The highest BCUT2D eigenvalue weighted by Gasteiger charge is 2.24. The first-order chi connectivity index (χ1) is 5.36. The van der Waals surface area contributed by atoms with E-state index in [2.05, 4.69) is 17.5 Å². The predicted octanol–water partition coefficient (Wildman–Crippen LogP) is 2.97. The summed E-state index contributed by atoms with van der Waals surface area (Å²) < 4.78 is 0. The molecule has 1 heterocycles. The maximum atomic E-state index is 5.99. The average Bonchev–Trinajstić information content (AvgIpc) is 2.67. The van der Waals surface area contributed by atoms with Crippen molar-refractivity contribution in [3.63, 3.8) is 0 Å². The molecule has 0 radical (unpaired) electrons. The van der Waals surface area contributed by atoms with Crippen molar-refractivity contribution in [3.05, 3.63) is 22.4 Å². The largest absolute Gasteiger partial charge is 0.323 e. The zero-order chi connectivity index (χ0) is 7.68. The topological polar surface area (TPSA) is 26.0 Å². The van der Waals surface area contributed by atoms with E-state index in [4.69, 9.17) is 5.73 Å². The second-order valence-electron chi connectivity index (χ2n) is 3.30. The fraction of sp³-hybridized carbons (Fsp3) is 0.556. The summed E-state index contributed by atoms with van der Waals surface area (Å²) in [5, 5.41) is 2.10. The Kier molecular flexibility index (Phi) is 3.56. The van der Waals surface area contributed by atoms with Gasteiger partial charge in [-0.3, -0.25) is 0 Å². The molecule has 1 fully saturated rings. The molecule has 68 valence electrons. The van der Waals surface area contributed by atoms with Gasteiger partial charge in [0.2, 0.25) is 0 Å². The Bertz CT molecular complexity index is 218. The molecule has 0 amide bonds. The molecule has 2 N–H and O–H groups in total. The molecule has 1 saturated carbocycles. The highest BCUT2D eigenvalue weighted by Crippen LogP contribution is 2.37. The van der Waals surface area contributed by atoms with Gasteiger partial charge >= 0.3 is 0 Å². The maximum absolute atomic E-state index is 5.99. The molecule has 0 unspecified atom stereocenters. The molecule has 0 spiro atoms. The third-order valence-electron chi connectivity index (χ3n) is 2.19. The van der Waals surface area contributed by atoms with Crippen LogP contribution in [0.15, 0.2) is 17.5 Å². The molecule has 0 saturated heterocycles. The van der Waals surface area contributed by atoms with Crippen molar-refractivity contribution >= 4 is 23.7 Å². The van der Waals surface area contributed by atoms with Crippen LogP contribution in [0.25, 0.3) is 0 Å². The zero-order valence-electron chi connectivity index (χ0n) is 6.90. The van der Waals surface area contributed by atoms with E-state index < -0.39 is 0 Å². The first-order valence-electron chi connectivity index (χ1n) is 4.15. The quantitative estimate of drug-likeness (QED) is 0.803. The van der Waals surface area contributed by atoms with Crippen LogP contribution in [0, 0.1) is 5.92 Å². The predicted molar refractivity (Wildman–Crippen MR) is 55.8 cm³/mol. The summed E-state index contributed by atoms with van der Waals surface area (Å²) in [5.41, 5.74) is 5.99. The Hall–Kier alpha value is -0.0500. The molecule has 1 aliphatic rings. The standard InChI is InChI=1S/C9H13NS.ClH/c10-8(6-7-3-4-7)9-2-1-5-11-9;/h1-2,5,7-8H,3-4,6,10H2;1H/t8-;/m1./s1. The van der Waals surface area contributed by atoms with E-state index in [0.29, 0.717) is 6.04 Å². The Morgan fingerprint density at radius 2 is 2.33 bits per heavy atom. The van der Waals surface area contributed by atoms with Crippen LogP contribution in [-0.4, -0.2) is 0 Å². The number of rotatable bonds is 3. The number of nitrogens with two attached hydrogens (primary N) is 1. The second kappa shape index (κ2) is 4.26. The maximum Gasteiger partial charge on any atom is 0.0392 e. The summed E-state index contributed by atoms with van der Waals surface area (Å²) >= 11 is 1.78. The molecular weight excluding hydrogens is 190 g/mol. The Morgan fingerprint density at radius 3 is 2.83 bits per heavy atom. The van der Waals surface area contributed by atoms with E-state index in [1.165, 1.54) is 24.1 Å². The van der Waals surface area contributed by atoms with E-state index >= 15 is 0 Å². The van der Waals surface area contributed by atoms with Crippen LogP contribution in [0.4, 0.5) is 0 Å². The van der Waals surface area contributed by atoms with Crippen LogP contribution in [0.5, 0.6) is 0 Å². The third-order valence-corrected chi connectivity index (χ3v) is 3.20. The summed E-state index contributed by atoms with van der Waals surface area (Å²) in [7, 11) is 0. The van der Waals surface area contributed by atoms with Gasteiger partial charge in [-0.15, -0.1) is 23.7 Å². The monoisotopic (exact) mass is 203 g/mol. The van der Waals surface area contributed by atoms with Crippen molar-refractivity contribution in [2.75, 3.05) is 0 Å². The molecule has 0 aromatic carbocycles. The molecular formula is C9H14ClNS. The minimum Gasteiger partial charge on any atom is -0.323 e. The molecule has 3 heteroatoms. The van der Waals surface area contributed by atoms with Gasteiger partial charge in [0.05, 0.1) is 0 Å². The van der Waals surface area contributed by atoms with E-state index in [-0.39, 0.29) is 12.4 Å². The number of thiophene rings is 1. The summed E-state index contributed by atoms with van der Waals surface area (Å²) in [6.45, 7) is 0. The number of hydrogen-bond donors (Lipinski definition) is 1. The summed E-state index contributed by atoms with van der Waals surface area (Å²) in [6, 6.07) is 4.52. The lowest BCUT2D eigenvalue weighted by Gasteiger charge is -2.06. The molecule has 1 aromatic rings. The van der Waals surface area contributed by atoms with Gasteiger partial charge in [-0.1, -0.05) is 18.9 Å². The lowest BCUT2D eigenvalue weighted by molar-refractivity contribution is 0.605. The fourth-order valence-electron chi connectivity index (χ4n) is 1.33. The van der Waals surface area contributed by atoms with Crippen molar-refractivity contribution in [1.29, 1.82) is 0 Å². The van der Waals surface area contributed by atoms with Crippen LogP contribution in [0.1, 0.15) is 30.2 Å². The smallest absolute Gasteiger partial charge is 0.0392 e. The Balaban J connectivity index is 0.000000720. The van der Waals surface area contributed by atoms with Crippen molar-refractivity contribution in [3.8, 4) is 0 Å². The molecule has 1 aromatic heterocycles. The number of hydrogen-bond acceptors (Lipinski definition) is 2. The third kappa shape index (κ3) is 2.47. The summed E-state index contributed by atoms with van der Waals surface area (Å²) in [4.78, 5) is 1.34. The second-order valence-corrected chi connectivity index (χ2v) is 4.28. The molecule has 1 aliphatic carbocycles. The zero-order valence-corrected chi connectivity index (χ0v) is 8.53. The van der Waals surface area contributed by atoms with Gasteiger partial charge in [-0.05, 0) is 23.8 Å². The number of halogens is 1. The van der Waals surface area contributed by atoms with Crippen molar-refractivity contribution in [1.82, 2.24) is 0 Å². The SMILES string of the molecule is Cl.N[C@H](CC1CC1)c1cccs1. The minimum atomic E-state index is 0. The van der Waals surface area contributed by atoms with E-state index in [9.17, 15) is 0 Å². The van der Waals surface area contributed by atoms with E-state index in [1.54, 1.807) is 11.3 Å². The minimum absolute atomic E-state index is 0. The first kappa shape index (κ1) is 10.0. The highest BCUT2D eigenvalue weighted by molar-refractivity contribution is 7.10. The normalized spacial score (nSPS) is 18.4. The van der Waals surface area contributed by atoms with Crippen molar-refractivity contribution in [2.24, 2.45) is 11.7 Å². The van der Waals surface area contributed by atoms with Gasteiger partial charge in [0.1, 0.15) is 0 Å². The molecule has 0 aliphatic heterocycles. The molecule has 2 rings (SSSR count). The van der Waals surface area contributed by atoms with Crippen LogP contribution in [0.3, 0.4) is 0 Å². The van der Waals surface area contributed by atoms with Crippen LogP contribution < -0.4 is 5.73 Å². The van der Waals surface area contributed by atoms with Gasteiger partial charge in [0.25, 0.3) is 0 Å². The summed E-state index contributed by atoms with van der Waals surface area (Å²) in [6.07, 6.45) is 4.00. The molecule has 0 bridgehead atoms. The van der Waals surface area contributed by atoms with Gasteiger partial charge in [0, 0.05) is 10.9 Å². The average molecular weight is 204 g/mol. The first-order valence-corrected chi connectivity index (χ1v) is 5.03. The molecule has 12 heavy (non-hydrogen) atoms. The lowest BCUT2D eigenvalue weighted by atomic mass is 10.1. The van der Waals surface area contributed by atoms with Gasteiger partial charge in [-0.2, -0.15) is 0 Å². The van der Waals surface area contributed by atoms with Crippen LogP contribution in [-0.2, 0) is 0 Å². The summed E-state index contributed by atoms with van der Waals surface area (Å²) in [5.74, 6) is 0.937. The van der Waals surface area contributed by atoms with Gasteiger partial charge < -0.3 is 5.73 Å². The lowest BCUT2D eigenvalue weighted by Crippen LogP contribution is -2.08. The van der Waals surface area contributed by atoms with Crippen molar-refractivity contribution in [2.45, 2.75) is 25.3 Å². The van der Waals surface area contributed by atoms with E-state index in [1.807, 2.05) is 0 Å². The van der Waals surface area contributed by atoms with Crippen molar-refractivity contribution < 1.29 is 0 Å². The molecule has 1 nitrogen and oxygen atoms in total. The van der Waals surface area contributed by atoms with E-state index in [0.717, 1.165) is 5.92 Å². The fourth-order valence-corrected chi connectivity index (χ4v) is 2.07.